The third-order valence-corrected chi connectivity index (χ3v) is 4.88. The maximum absolute atomic E-state index is 12.7. The molecule has 5 nitrogen and oxygen atoms in total. The number of amides is 2. The molecule has 1 atom stereocenters. The van der Waals surface area contributed by atoms with Crippen molar-refractivity contribution in [1.82, 2.24) is 10.2 Å². The third kappa shape index (κ3) is 3.55. The summed E-state index contributed by atoms with van der Waals surface area (Å²) in [6, 6.07) is 10.1. The summed E-state index contributed by atoms with van der Waals surface area (Å²) in [5.41, 5.74) is 0.994. The van der Waals surface area contributed by atoms with Crippen LogP contribution in [-0.2, 0) is 19.9 Å². The number of methoxy groups -OCH3 is 1. The molecule has 1 aliphatic heterocycles. The minimum Gasteiger partial charge on any atom is -0.383 e. The van der Waals surface area contributed by atoms with Gasteiger partial charge in [-0.3, -0.25) is 9.59 Å². The maximum atomic E-state index is 12.7. The van der Waals surface area contributed by atoms with E-state index >= 15 is 0 Å². The summed E-state index contributed by atoms with van der Waals surface area (Å²) in [4.78, 5) is 26.3. The maximum Gasteiger partial charge on any atom is 0.225 e. The molecule has 0 aromatic heterocycles. The van der Waals surface area contributed by atoms with Crippen molar-refractivity contribution in [2.24, 2.45) is 5.92 Å². The first-order valence-corrected chi connectivity index (χ1v) is 8.29. The number of hydrogen-bond acceptors (Lipinski definition) is 3. The second-order valence-corrected chi connectivity index (χ2v) is 6.51. The summed E-state index contributed by atoms with van der Waals surface area (Å²) in [6.45, 7) is 1.57. The van der Waals surface area contributed by atoms with Gasteiger partial charge in [0, 0.05) is 26.6 Å². The Hall–Kier alpha value is -1.88. The number of piperidine rings is 1. The van der Waals surface area contributed by atoms with Crippen LogP contribution in [0.2, 0.25) is 0 Å². The fourth-order valence-electron chi connectivity index (χ4n) is 3.25. The van der Waals surface area contributed by atoms with Gasteiger partial charge in [-0.05, 0) is 24.8 Å². The van der Waals surface area contributed by atoms with E-state index in [2.05, 4.69) is 17.4 Å². The zero-order chi connectivity index (χ0) is 16.3. The molecule has 2 fully saturated rings. The van der Waals surface area contributed by atoms with Crippen LogP contribution in [0.5, 0.6) is 0 Å². The largest absolute Gasteiger partial charge is 0.383 e. The lowest BCUT2D eigenvalue weighted by Crippen LogP contribution is -2.48. The van der Waals surface area contributed by atoms with Gasteiger partial charge in [0.25, 0.3) is 0 Å². The van der Waals surface area contributed by atoms with Crippen molar-refractivity contribution in [1.29, 1.82) is 0 Å². The molecule has 1 N–H and O–H groups in total. The van der Waals surface area contributed by atoms with Gasteiger partial charge < -0.3 is 15.0 Å². The number of likely N-dealkylation sites (tertiary alicyclic amines) is 1. The van der Waals surface area contributed by atoms with E-state index in [1.165, 1.54) is 5.56 Å². The molecule has 1 aromatic rings. The first-order valence-electron chi connectivity index (χ1n) is 8.29. The Morgan fingerprint density at radius 3 is 2.74 bits per heavy atom. The second kappa shape index (κ2) is 6.71. The SMILES string of the molecule is COCCN1C[C@H](C(=O)NC2(c3ccccc3)CC2)CCC1=O. The summed E-state index contributed by atoms with van der Waals surface area (Å²) in [6.07, 6.45) is 3.06. The molecule has 0 unspecified atom stereocenters. The van der Waals surface area contributed by atoms with E-state index in [0.717, 1.165) is 12.8 Å². The lowest BCUT2D eigenvalue weighted by molar-refractivity contribution is -0.139. The molecule has 0 spiro atoms. The molecule has 1 heterocycles. The van der Waals surface area contributed by atoms with E-state index in [0.29, 0.717) is 32.5 Å². The molecule has 0 bridgehead atoms. The number of carbonyl (C=O) groups excluding carboxylic acids is 2. The minimum absolute atomic E-state index is 0.0706. The van der Waals surface area contributed by atoms with Crippen molar-refractivity contribution in [2.45, 2.75) is 31.2 Å². The van der Waals surface area contributed by atoms with E-state index in [1.54, 1.807) is 12.0 Å². The predicted octanol–water partition coefficient (Wildman–Crippen LogP) is 1.68. The minimum atomic E-state index is -0.183. The van der Waals surface area contributed by atoms with Crippen molar-refractivity contribution in [3.8, 4) is 0 Å². The Balaban J connectivity index is 1.61. The van der Waals surface area contributed by atoms with Gasteiger partial charge in [0.1, 0.15) is 0 Å². The monoisotopic (exact) mass is 316 g/mol. The highest BCUT2D eigenvalue weighted by atomic mass is 16.5. The van der Waals surface area contributed by atoms with Crippen molar-refractivity contribution in [3.63, 3.8) is 0 Å². The van der Waals surface area contributed by atoms with Crippen LogP contribution >= 0.6 is 0 Å². The summed E-state index contributed by atoms with van der Waals surface area (Å²) in [5.74, 6) is 0.0716. The molecule has 23 heavy (non-hydrogen) atoms. The summed E-state index contributed by atoms with van der Waals surface area (Å²) in [5, 5.41) is 3.24. The smallest absolute Gasteiger partial charge is 0.225 e. The number of ether oxygens (including phenoxy) is 1. The second-order valence-electron chi connectivity index (χ2n) is 6.51. The topological polar surface area (TPSA) is 58.6 Å². The van der Waals surface area contributed by atoms with Crippen LogP contribution in [0.4, 0.5) is 0 Å². The van der Waals surface area contributed by atoms with Gasteiger partial charge in [0.15, 0.2) is 0 Å². The molecule has 1 saturated carbocycles. The Morgan fingerprint density at radius 2 is 2.09 bits per heavy atom. The summed E-state index contributed by atoms with van der Waals surface area (Å²) < 4.78 is 5.04. The predicted molar refractivity (Wildman–Crippen MR) is 86.7 cm³/mol. The van der Waals surface area contributed by atoms with E-state index in [4.69, 9.17) is 4.74 Å². The van der Waals surface area contributed by atoms with Gasteiger partial charge in [0.2, 0.25) is 11.8 Å². The van der Waals surface area contributed by atoms with Crippen LogP contribution < -0.4 is 5.32 Å². The van der Waals surface area contributed by atoms with Gasteiger partial charge in [0.05, 0.1) is 18.1 Å². The number of hydrogen-bond donors (Lipinski definition) is 1. The van der Waals surface area contributed by atoms with E-state index in [-0.39, 0.29) is 23.3 Å². The molecule has 0 radical (unpaired) electrons. The standard InChI is InChI=1S/C18H24N2O3/c1-23-12-11-20-13-14(7-8-16(20)21)17(22)19-18(9-10-18)15-5-3-2-4-6-15/h2-6,14H,7-13H2,1H3,(H,19,22)/t14-/m1/s1. The first-order chi connectivity index (χ1) is 11.1. The fourth-order valence-corrected chi connectivity index (χ4v) is 3.25. The Bertz CT molecular complexity index is 569. The van der Waals surface area contributed by atoms with E-state index < -0.39 is 0 Å². The highest BCUT2D eigenvalue weighted by Crippen LogP contribution is 2.45. The van der Waals surface area contributed by atoms with Crippen LogP contribution in [0, 0.1) is 5.92 Å². The number of benzene rings is 1. The van der Waals surface area contributed by atoms with E-state index in [1.807, 2.05) is 18.2 Å². The van der Waals surface area contributed by atoms with Crippen molar-refractivity contribution >= 4 is 11.8 Å². The van der Waals surface area contributed by atoms with Gasteiger partial charge >= 0.3 is 0 Å². The average Bonchev–Trinajstić information content (AvgIpc) is 3.35. The fraction of sp³-hybridized carbons (Fsp3) is 0.556. The number of nitrogens with one attached hydrogen (secondary N) is 1. The molecule has 1 aromatic carbocycles. The lowest BCUT2D eigenvalue weighted by Gasteiger charge is -2.32. The molecule has 2 aliphatic rings. The van der Waals surface area contributed by atoms with Crippen LogP contribution in [0.1, 0.15) is 31.2 Å². The van der Waals surface area contributed by atoms with Gasteiger partial charge in [-0.15, -0.1) is 0 Å². The first kappa shape index (κ1) is 16.0. The normalized spacial score (nSPS) is 22.7. The average molecular weight is 316 g/mol. The summed E-state index contributed by atoms with van der Waals surface area (Å²) >= 11 is 0. The lowest BCUT2D eigenvalue weighted by atomic mass is 9.95. The molecular formula is C18H24N2O3. The van der Waals surface area contributed by atoms with Gasteiger partial charge in [-0.1, -0.05) is 30.3 Å². The molecule has 2 amide bonds. The molecule has 1 saturated heterocycles. The molecule has 3 rings (SSSR count). The van der Waals surface area contributed by atoms with Crippen LogP contribution in [-0.4, -0.2) is 43.5 Å². The Kier molecular flexibility index (Phi) is 4.66. The van der Waals surface area contributed by atoms with Crippen LogP contribution in [0.3, 0.4) is 0 Å². The molecular weight excluding hydrogens is 292 g/mol. The number of rotatable bonds is 6. The van der Waals surface area contributed by atoms with Gasteiger partial charge in [-0.25, -0.2) is 0 Å². The third-order valence-electron chi connectivity index (χ3n) is 4.88. The zero-order valence-corrected chi connectivity index (χ0v) is 13.6. The van der Waals surface area contributed by atoms with E-state index in [9.17, 15) is 9.59 Å². The Morgan fingerprint density at radius 1 is 1.35 bits per heavy atom. The quantitative estimate of drug-likeness (QED) is 0.868. The highest BCUT2D eigenvalue weighted by Gasteiger charge is 2.46. The molecule has 124 valence electrons. The highest BCUT2D eigenvalue weighted by molar-refractivity contribution is 5.84. The molecule has 5 heteroatoms. The van der Waals surface area contributed by atoms with Crippen LogP contribution in [0.15, 0.2) is 30.3 Å². The molecule has 1 aliphatic carbocycles. The Labute approximate surface area is 137 Å². The van der Waals surface area contributed by atoms with Crippen molar-refractivity contribution < 1.29 is 14.3 Å². The number of nitrogens with zero attached hydrogens (tertiary/aromatic N) is 1. The summed E-state index contributed by atoms with van der Waals surface area (Å²) in [7, 11) is 1.62. The van der Waals surface area contributed by atoms with Crippen LogP contribution in [0.25, 0.3) is 0 Å². The van der Waals surface area contributed by atoms with Gasteiger partial charge in [-0.2, -0.15) is 0 Å². The zero-order valence-electron chi connectivity index (χ0n) is 13.6. The number of carbonyl (C=O) groups is 2. The van der Waals surface area contributed by atoms with Crippen molar-refractivity contribution in [2.75, 3.05) is 26.8 Å². The van der Waals surface area contributed by atoms with Crippen molar-refractivity contribution in [3.05, 3.63) is 35.9 Å².